The van der Waals surface area contributed by atoms with E-state index in [2.05, 4.69) is 9.97 Å². The van der Waals surface area contributed by atoms with Crippen molar-refractivity contribution in [2.75, 3.05) is 7.11 Å². The van der Waals surface area contributed by atoms with Crippen LogP contribution >= 0.6 is 0 Å². The molecule has 1 N–H and O–H groups in total. The number of nitrogens with one attached hydrogen (secondary N) is 1. The molecule has 1 atom stereocenters. The predicted molar refractivity (Wildman–Crippen MR) is 106 cm³/mol. The van der Waals surface area contributed by atoms with Gasteiger partial charge in [0.2, 0.25) is 5.88 Å². The van der Waals surface area contributed by atoms with Gasteiger partial charge in [0.1, 0.15) is 17.2 Å². The van der Waals surface area contributed by atoms with Crippen LogP contribution in [0.15, 0.2) is 62.5 Å². The molecule has 0 aliphatic carbocycles. The van der Waals surface area contributed by atoms with Crippen molar-refractivity contribution < 1.29 is 13.9 Å². The average molecular weight is 388 g/mol. The van der Waals surface area contributed by atoms with E-state index >= 15 is 0 Å². The number of benzene rings is 2. The number of para-hydroxylation sites is 1. The molecule has 0 radical (unpaired) electrons. The van der Waals surface area contributed by atoms with E-state index in [1.54, 1.807) is 44.4 Å². The quantitative estimate of drug-likeness (QED) is 0.465. The second-order valence-corrected chi connectivity index (χ2v) is 6.81. The van der Waals surface area contributed by atoms with E-state index in [1.165, 1.54) is 0 Å². The monoisotopic (exact) mass is 388 g/mol. The second-order valence-electron chi connectivity index (χ2n) is 6.81. The molecule has 29 heavy (non-hydrogen) atoms. The Labute approximate surface area is 164 Å². The van der Waals surface area contributed by atoms with Crippen molar-refractivity contribution in [2.45, 2.75) is 12.8 Å². The SMILES string of the molecule is COc1cccc([C@@H]2c3c(nc(C)[nH]c3=O)Oc3c2c(=O)oc2ccccc32)c1. The Kier molecular flexibility index (Phi) is 3.77. The van der Waals surface area contributed by atoms with Crippen molar-refractivity contribution in [1.29, 1.82) is 0 Å². The summed E-state index contributed by atoms with van der Waals surface area (Å²) in [6.45, 7) is 1.68. The number of ether oxygens (including phenoxy) is 2. The van der Waals surface area contributed by atoms with Gasteiger partial charge in [-0.05, 0) is 36.8 Å². The van der Waals surface area contributed by atoms with Crippen molar-refractivity contribution in [3.05, 3.63) is 91.8 Å². The summed E-state index contributed by atoms with van der Waals surface area (Å²) in [5.41, 5.74) is 0.717. The summed E-state index contributed by atoms with van der Waals surface area (Å²) in [5, 5.41) is 0.639. The molecule has 0 unspecified atom stereocenters. The molecule has 2 aromatic carbocycles. The lowest BCUT2D eigenvalue weighted by molar-refractivity contribution is 0.411. The third-order valence-corrected chi connectivity index (χ3v) is 5.04. The van der Waals surface area contributed by atoms with Gasteiger partial charge in [-0.15, -0.1) is 0 Å². The predicted octanol–water partition coefficient (Wildman–Crippen LogP) is 3.48. The van der Waals surface area contributed by atoms with Crippen molar-refractivity contribution in [3.8, 4) is 17.4 Å². The van der Waals surface area contributed by atoms with Crippen molar-refractivity contribution in [2.24, 2.45) is 0 Å². The summed E-state index contributed by atoms with van der Waals surface area (Å²) < 4.78 is 16.9. The summed E-state index contributed by atoms with van der Waals surface area (Å²) in [4.78, 5) is 33.0. The van der Waals surface area contributed by atoms with Crippen LogP contribution in [0.3, 0.4) is 0 Å². The maximum Gasteiger partial charge on any atom is 0.344 e. The molecule has 7 nitrogen and oxygen atoms in total. The first-order valence-electron chi connectivity index (χ1n) is 9.05. The highest BCUT2D eigenvalue weighted by atomic mass is 16.5. The normalized spacial score (nSPS) is 14.8. The molecule has 7 heteroatoms. The van der Waals surface area contributed by atoms with Gasteiger partial charge in [0, 0.05) is 0 Å². The average Bonchev–Trinajstić information content (AvgIpc) is 2.72. The molecule has 0 fully saturated rings. The Bertz CT molecular complexity index is 1390. The number of nitrogens with zero attached hydrogens (tertiary/aromatic N) is 1. The Hall–Kier alpha value is -3.87. The molecule has 1 aliphatic rings. The number of methoxy groups -OCH3 is 1. The smallest absolute Gasteiger partial charge is 0.344 e. The minimum atomic E-state index is -0.707. The fourth-order valence-electron chi connectivity index (χ4n) is 3.79. The lowest BCUT2D eigenvalue weighted by Crippen LogP contribution is -2.28. The van der Waals surface area contributed by atoms with Crippen LogP contribution in [0.1, 0.15) is 28.4 Å². The minimum absolute atomic E-state index is 0.183. The summed E-state index contributed by atoms with van der Waals surface area (Å²) in [7, 11) is 1.56. The number of aryl methyl sites for hydroxylation is 1. The molecule has 0 saturated heterocycles. The first kappa shape index (κ1) is 17.2. The lowest BCUT2D eigenvalue weighted by atomic mass is 9.84. The molecule has 3 heterocycles. The Morgan fingerprint density at radius 2 is 1.90 bits per heavy atom. The highest BCUT2D eigenvalue weighted by Gasteiger charge is 2.37. The third-order valence-electron chi connectivity index (χ3n) is 5.04. The molecule has 1 aliphatic heterocycles. The molecule has 0 amide bonds. The van der Waals surface area contributed by atoms with Crippen LogP contribution < -0.4 is 20.7 Å². The molecule has 144 valence electrons. The van der Waals surface area contributed by atoms with Crippen LogP contribution in [0.4, 0.5) is 0 Å². The topological polar surface area (TPSA) is 94.4 Å². The molecule has 2 aromatic heterocycles. The van der Waals surface area contributed by atoms with Crippen molar-refractivity contribution >= 4 is 11.0 Å². The van der Waals surface area contributed by atoms with E-state index in [4.69, 9.17) is 13.9 Å². The number of fused-ring (bicyclic) bond motifs is 4. The number of H-pyrrole nitrogens is 1. The minimum Gasteiger partial charge on any atom is -0.497 e. The van der Waals surface area contributed by atoms with E-state index in [-0.39, 0.29) is 22.6 Å². The number of rotatable bonds is 2. The van der Waals surface area contributed by atoms with Crippen LogP contribution in [0.5, 0.6) is 17.4 Å². The zero-order valence-electron chi connectivity index (χ0n) is 15.7. The van der Waals surface area contributed by atoms with Crippen LogP contribution in [0.2, 0.25) is 0 Å². The van der Waals surface area contributed by atoms with Crippen LogP contribution in [-0.4, -0.2) is 17.1 Å². The molecule has 4 aromatic rings. The van der Waals surface area contributed by atoms with Crippen LogP contribution in [-0.2, 0) is 0 Å². The van der Waals surface area contributed by atoms with Crippen molar-refractivity contribution in [1.82, 2.24) is 9.97 Å². The standard InChI is InChI=1S/C22H16N2O5/c1-11-23-20(25)18-16(12-6-5-7-13(10-12)27-2)17-19(29-21(18)24-11)14-8-3-4-9-15(14)28-22(17)26/h3-10,16H,1-2H3,(H,23,24,25)/t16-/m0/s1. The maximum atomic E-state index is 13.0. The maximum absolute atomic E-state index is 13.0. The van der Waals surface area contributed by atoms with Gasteiger partial charge in [0.25, 0.3) is 5.56 Å². The zero-order valence-corrected chi connectivity index (χ0v) is 15.7. The van der Waals surface area contributed by atoms with Gasteiger partial charge in [-0.25, -0.2) is 4.79 Å². The van der Waals surface area contributed by atoms with Crippen LogP contribution in [0.25, 0.3) is 11.0 Å². The number of aromatic nitrogens is 2. The van der Waals surface area contributed by atoms with Crippen molar-refractivity contribution in [3.63, 3.8) is 0 Å². The van der Waals surface area contributed by atoms with E-state index in [9.17, 15) is 9.59 Å². The lowest BCUT2D eigenvalue weighted by Gasteiger charge is -2.26. The molecule has 0 spiro atoms. The van der Waals surface area contributed by atoms with Gasteiger partial charge in [0.05, 0.1) is 29.5 Å². The molecule has 5 rings (SSSR count). The van der Waals surface area contributed by atoms with E-state index in [0.29, 0.717) is 33.9 Å². The summed E-state index contributed by atoms with van der Waals surface area (Å²) in [6, 6.07) is 14.3. The second kappa shape index (κ2) is 6.34. The number of hydrogen-bond acceptors (Lipinski definition) is 6. The highest BCUT2D eigenvalue weighted by molar-refractivity contribution is 5.86. The summed E-state index contributed by atoms with van der Waals surface area (Å²) >= 11 is 0. The van der Waals surface area contributed by atoms with E-state index in [0.717, 1.165) is 0 Å². The molecule has 0 saturated carbocycles. The summed E-state index contributed by atoms with van der Waals surface area (Å²) in [6.07, 6.45) is 0. The first-order chi connectivity index (χ1) is 14.1. The fraction of sp³-hybridized carbons (Fsp3) is 0.136. The molecular weight excluding hydrogens is 372 g/mol. The summed E-state index contributed by atoms with van der Waals surface area (Å²) in [5.74, 6) is 0.867. The van der Waals surface area contributed by atoms with Gasteiger partial charge in [-0.2, -0.15) is 4.98 Å². The van der Waals surface area contributed by atoms with Gasteiger partial charge < -0.3 is 18.9 Å². The van der Waals surface area contributed by atoms with Gasteiger partial charge >= 0.3 is 5.63 Å². The van der Waals surface area contributed by atoms with Gasteiger partial charge in [-0.3, -0.25) is 4.79 Å². The van der Waals surface area contributed by atoms with E-state index in [1.807, 2.05) is 18.2 Å². The Morgan fingerprint density at radius 3 is 2.72 bits per heavy atom. The Morgan fingerprint density at radius 1 is 1.07 bits per heavy atom. The van der Waals surface area contributed by atoms with Gasteiger partial charge in [0.15, 0.2) is 5.75 Å². The molecule has 0 bridgehead atoms. The fourth-order valence-corrected chi connectivity index (χ4v) is 3.79. The Balaban J connectivity index is 1.91. The van der Waals surface area contributed by atoms with E-state index < -0.39 is 11.5 Å². The zero-order chi connectivity index (χ0) is 20.1. The third kappa shape index (κ3) is 2.62. The molecular formula is C22H16N2O5. The number of aromatic amines is 1. The van der Waals surface area contributed by atoms with Crippen LogP contribution in [0, 0.1) is 6.92 Å². The van der Waals surface area contributed by atoms with Gasteiger partial charge in [-0.1, -0.05) is 24.3 Å². The first-order valence-corrected chi connectivity index (χ1v) is 9.05. The largest absolute Gasteiger partial charge is 0.497 e. The number of hydrogen-bond donors (Lipinski definition) is 1. The highest BCUT2D eigenvalue weighted by Crippen LogP contribution is 2.46.